The minimum atomic E-state index is 0.653. The molecular weight excluding hydrogens is 88.1 g/mol. The zero-order valence-electron chi connectivity index (χ0n) is 4.82. The van der Waals surface area contributed by atoms with E-state index in [4.69, 9.17) is 4.74 Å². The molecule has 0 unspecified atom stereocenters. The maximum atomic E-state index is 4.72. The summed E-state index contributed by atoms with van der Waals surface area (Å²) in [5, 5.41) is 0. The van der Waals surface area contributed by atoms with Crippen LogP contribution in [-0.4, -0.2) is 7.11 Å². The highest BCUT2D eigenvalue weighted by Crippen LogP contribution is 2.01. The van der Waals surface area contributed by atoms with Crippen molar-refractivity contribution in [2.45, 2.75) is 6.92 Å². The van der Waals surface area contributed by atoms with Gasteiger partial charge in [0.25, 0.3) is 0 Å². The number of allylic oxidation sites excluding steroid dienone is 1. The van der Waals surface area contributed by atoms with Crippen molar-refractivity contribution in [3.8, 4) is 0 Å². The zero-order valence-corrected chi connectivity index (χ0v) is 4.82. The first kappa shape index (κ1) is 6.28. The van der Waals surface area contributed by atoms with E-state index in [1.54, 1.807) is 7.11 Å². The molecule has 0 atom stereocenters. The molecule has 0 aromatic carbocycles. The molecule has 0 spiro atoms. The van der Waals surface area contributed by atoms with Gasteiger partial charge in [-0.1, -0.05) is 13.2 Å². The Morgan fingerprint density at radius 2 is 1.86 bits per heavy atom. The second kappa shape index (κ2) is 2.45. The van der Waals surface area contributed by atoms with E-state index in [1.807, 2.05) is 6.92 Å². The van der Waals surface area contributed by atoms with Crippen LogP contribution in [0.15, 0.2) is 24.5 Å². The van der Waals surface area contributed by atoms with E-state index in [-0.39, 0.29) is 0 Å². The SMILES string of the molecule is C=C(C)C(=C)OC. The smallest absolute Gasteiger partial charge is 0.114 e. The van der Waals surface area contributed by atoms with Gasteiger partial charge in [0.2, 0.25) is 0 Å². The van der Waals surface area contributed by atoms with E-state index in [1.165, 1.54) is 0 Å². The molecule has 0 fully saturated rings. The molecule has 0 N–H and O–H groups in total. The van der Waals surface area contributed by atoms with Crippen LogP contribution in [0.4, 0.5) is 0 Å². The van der Waals surface area contributed by atoms with E-state index in [2.05, 4.69) is 13.2 Å². The number of methoxy groups -OCH3 is 1. The molecule has 0 aliphatic heterocycles. The van der Waals surface area contributed by atoms with Gasteiger partial charge in [-0.2, -0.15) is 0 Å². The third-order valence-corrected chi connectivity index (χ3v) is 0.722. The van der Waals surface area contributed by atoms with E-state index >= 15 is 0 Å². The van der Waals surface area contributed by atoms with Gasteiger partial charge in [0.05, 0.1) is 7.11 Å². The van der Waals surface area contributed by atoms with Crippen molar-refractivity contribution < 1.29 is 4.74 Å². The molecule has 0 radical (unpaired) electrons. The highest BCUT2D eigenvalue weighted by atomic mass is 16.5. The van der Waals surface area contributed by atoms with Crippen LogP contribution in [0.1, 0.15) is 6.92 Å². The van der Waals surface area contributed by atoms with E-state index in [0.29, 0.717) is 5.76 Å². The summed E-state index contributed by atoms with van der Waals surface area (Å²) in [6.07, 6.45) is 0. The second-order valence-electron chi connectivity index (χ2n) is 1.41. The predicted molar refractivity (Wildman–Crippen MR) is 31.0 cm³/mol. The Hall–Kier alpha value is -0.720. The minimum absolute atomic E-state index is 0.653. The fourth-order valence-corrected chi connectivity index (χ4v) is 0.174. The van der Waals surface area contributed by atoms with Gasteiger partial charge < -0.3 is 4.74 Å². The third kappa shape index (κ3) is 2.04. The Balaban J connectivity index is 3.58. The van der Waals surface area contributed by atoms with Gasteiger partial charge in [-0.3, -0.25) is 0 Å². The lowest BCUT2D eigenvalue weighted by molar-refractivity contribution is 0.303. The molecule has 1 heteroatoms. The topological polar surface area (TPSA) is 9.23 Å². The Labute approximate surface area is 44.3 Å². The highest BCUT2D eigenvalue weighted by molar-refractivity contribution is 5.15. The number of hydrogen-bond donors (Lipinski definition) is 0. The standard InChI is InChI=1S/C6H10O/c1-5(2)6(3)7-4/h1,3H2,2,4H3. The fourth-order valence-electron chi connectivity index (χ4n) is 0.174. The lowest BCUT2D eigenvalue weighted by atomic mass is 10.3. The molecule has 0 aliphatic carbocycles. The Morgan fingerprint density at radius 1 is 1.43 bits per heavy atom. The molecule has 0 bridgehead atoms. The van der Waals surface area contributed by atoms with Crippen molar-refractivity contribution in [2.75, 3.05) is 7.11 Å². The van der Waals surface area contributed by atoms with Crippen LogP contribution in [-0.2, 0) is 4.74 Å². The van der Waals surface area contributed by atoms with Crippen LogP contribution in [0.25, 0.3) is 0 Å². The molecule has 0 rings (SSSR count). The van der Waals surface area contributed by atoms with Crippen LogP contribution in [0.3, 0.4) is 0 Å². The summed E-state index contributed by atoms with van der Waals surface area (Å²) in [6, 6.07) is 0. The van der Waals surface area contributed by atoms with Gasteiger partial charge in [-0.15, -0.1) is 0 Å². The summed E-state index contributed by atoms with van der Waals surface area (Å²) >= 11 is 0. The first-order chi connectivity index (χ1) is 3.18. The Kier molecular flexibility index (Phi) is 2.20. The molecule has 7 heavy (non-hydrogen) atoms. The summed E-state index contributed by atoms with van der Waals surface area (Å²) in [7, 11) is 1.58. The summed E-state index contributed by atoms with van der Waals surface area (Å²) in [4.78, 5) is 0. The van der Waals surface area contributed by atoms with Gasteiger partial charge in [0, 0.05) is 0 Å². The molecule has 0 saturated carbocycles. The summed E-state index contributed by atoms with van der Waals surface area (Å²) in [5.74, 6) is 0.653. The summed E-state index contributed by atoms with van der Waals surface area (Å²) < 4.78 is 4.72. The Bertz CT molecular complexity index is 92.4. The fraction of sp³-hybridized carbons (Fsp3) is 0.333. The van der Waals surface area contributed by atoms with Gasteiger partial charge in [-0.05, 0) is 12.5 Å². The molecule has 0 aliphatic rings. The minimum Gasteiger partial charge on any atom is -0.497 e. The van der Waals surface area contributed by atoms with E-state index in [9.17, 15) is 0 Å². The lowest BCUT2D eigenvalue weighted by Gasteiger charge is -1.98. The quantitative estimate of drug-likeness (QED) is 0.377. The maximum Gasteiger partial charge on any atom is 0.114 e. The van der Waals surface area contributed by atoms with Crippen molar-refractivity contribution in [1.29, 1.82) is 0 Å². The summed E-state index contributed by atoms with van der Waals surface area (Å²) in [5.41, 5.74) is 0.877. The molecule has 0 saturated heterocycles. The van der Waals surface area contributed by atoms with Crippen molar-refractivity contribution in [2.24, 2.45) is 0 Å². The normalized spacial score (nSPS) is 7.71. The monoisotopic (exact) mass is 98.1 g/mol. The number of hydrogen-bond acceptors (Lipinski definition) is 1. The van der Waals surface area contributed by atoms with Gasteiger partial charge in [-0.25, -0.2) is 0 Å². The largest absolute Gasteiger partial charge is 0.497 e. The molecule has 1 nitrogen and oxygen atoms in total. The molecule has 0 aromatic heterocycles. The van der Waals surface area contributed by atoms with Crippen molar-refractivity contribution in [1.82, 2.24) is 0 Å². The molecule has 0 amide bonds. The molecular formula is C6H10O. The van der Waals surface area contributed by atoms with Crippen LogP contribution in [0, 0.1) is 0 Å². The molecule has 40 valence electrons. The van der Waals surface area contributed by atoms with Gasteiger partial charge >= 0.3 is 0 Å². The first-order valence-electron chi connectivity index (χ1n) is 2.07. The van der Waals surface area contributed by atoms with Crippen LogP contribution < -0.4 is 0 Å². The first-order valence-corrected chi connectivity index (χ1v) is 2.07. The van der Waals surface area contributed by atoms with E-state index in [0.717, 1.165) is 5.57 Å². The van der Waals surface area contributed by atoms with Crippen LogP contribution in [0.2, 0.25) is 0 Å². The van der Waals surface area contributed by atoms with E-state index < -0.39 is 0 Å². The third-order valence-electron chi connectivity index (χ3n) is 0.722. The van der Waals surface area contributed by atoms with Crippen molar-refractivity contribution in [3.63, 3.8) is 0 Å². The zero-order chi connectivity index (χ0) is 5.86. The van der Waals surface area contributed by atoms with Crippen molar-refractivity contribution >= 4 is 0 Å². The average molecular weight is 98.1 g/mol. The van der Waals surface area contributed by atoms with Crippen LogP contribution in [0.5, 0.6) is 0 Å². The Morgan fingerprint density at radius 3 is 1.86 bits per heavy atom. The maximum absolute atomic E-state index is 4.72. The van der Waals surface area contributed by atoms with Crippen LogP contribution >= 0.6 is 0 Å². The van der Waals surface area contributed by atoms with Gasteiger partial charge in [0.1, 0.15) is 5.76 Å². The average Bonchev–Trinajstić information content (AvgIpc) is 1.65. The van der Waals surface area contributed by atoms with Crippen molar-refractivity contribution in [3.05, 3.63) is 24.5 Å². The second-order valence-corrected chi connectivity index (χ2v) is 1.41. The number of rotatable bonds is 2. The highest BCUT2D eigenvalue weighted by Gasteiger charge is 1.86. The number of ether oxygens (including phenoxy) is 1. The van der Waals surface area contributed by atoms with Gasteiger partial charge in [0.15, 0.2) is 0 Å². The predicted octanol–water partition coefficient (Wildman–Crippen LogP) is 1.72. The molecule has 0 aromatic rings. The molecule has 0 heterocycles. The summed E-state index contributed by atoms with van der Waals surface area (Å²) in [6.45, 7) is 9.01. The lowest BCUT2D eigenvalue weighted by Crippen LogP contribution is -1.81.